The zero-order valence-corrected chi connectivity index (χ0v) is 18.7. The second kappa shape index (κ2) is 8.93. The summed E-state index contributed by atoms with van der Waals surface area (Å²) in [5.74, 6) is -0.473. The fourth-order valence-electron chi connectivity index (χ4n) is 4.00. The van der Waals surface area contributed by atoms with Crippen molar-refractivity contribution in [2.24, 2.45) is 0 Å². The number of anilines is 1. The lowest BCUT2D eigenvalue weighted by Crippen LogP contribution is -2.43. The van der Waals surface area contributed by atoms with Crippen molar-refractivity contribution in [2.75, 3.05) is 32.1 Å². The molecule has 2 aromatic rings. The fourth-order valence-corrected chi connectivity index (χ4v) is 6.23. The molecule has 0 radical (unpaired) electrons. The van der Waals surface area contributed by atoms with Crippen molar-refractivity contribution < 1.29 is 22.7 Å². The topological polar surface area (TPSA) is 109 Å². The van der Waals surface area contributed by atoms with E-state index in [9.17, 15) is 18.0 Å². The minimum atomic E-state index is -3.77. The predicted molar refractivity (Wildman–Crippen MR) is 116 cm³/mol. The number of likely N-dealkylation sites (tertiary alicyclic amines) is 1. The summed E-state index contributed by atoms with van der Waals surface area (Å²) in [7, 11) is -2.37. The third kappa shape index (κ3) is 4.30. The molecule has 11 heteroatoms. The van der Waals surface area contributed by atoms with E-state index in [0.29, 0.717) is 37.6 Å². The molecule has 0 aliphatic carbocycles. The van der Waals surface area contributed by atoms with Crippen LogP contribution in [0.5, 0.6) is 5.75 Å². The van der Waals surface area contributed by atoms with Gasteiger partial charge in [0.25, 0.3) is 5.91 Å². The first-order valence-corrected chi connectivity index (χ1v) is 12.4. The van der Waals surface area contributed by atoms with E-state index in [1.165, 1.54) is 45.9 Å². The Morgan fingerprint density at radius 3 is 2.65 bits per heavy atom. The summed E-state index contributed by atoms with van der Waals surface area (Å²) < 4.78 is 32.9. The van der Waals surface area contributed by atoms with Gasteiger partial charge >= 0.3 is 0 Å². The summed E-state index contributed by atoms with van der Waals surface area (Å²) in [6, 6.07) is 3.77. The van der Waals surface area contributed by atoms with E-state index in [2.05, 4.69) is 10.3 Å². The highest BCUT2D eigenvalue weighted by atomic mass is 32.2. The van der Waals surface area contributed by atoms with Gasteiger partial charge in [0.2, 0.25) is 15.9 Å². The Bertz CT molecular complexity index is 1070. The van der Waals surface area contributed by atoms with Crippen molar-refractivity contribution in [1.29, 1.82) is 0 Å². The van der Waals surface area contributed by atoms with Crippen molar-refractivity contribution in [3.8, 4) is 5.75 Å². The third-order valence-electron chi connectivity index (χ3n) is 5.57. The second-order valence-corrected chi connectivity index (χ2v) is 10.3. The van der Waals surface area contributed by atoms with Gasteiger partial charge in [-0.25, -0.2) is 13.4 Å². The highest BCUT2D eigenvalue weighted by molar-refractivity contribution is 7.89. The van der Waals surface area contributed by atoms with Crippen LogP contribution in [0.15, 0.2) is 34.7 Å². The first-order chi connectivity index (χ1) is 14.9. The van der Waals surface area contributed by atoms with Gasteiger partial charge < -0.3 is 15.0 Å². The van der Waals surface area contributed by atoms with Gasteiger partial charge in [-0.1, -0.05) is 0 Å². The van der Waals surface area contributed by atoms with Crippen LogP contribution in [0.2, 0.25) is 0 Å². The molecular weight excluding hydrogens is 440 g/mol. The zero-order valence-electron chi connectivity index (χ0n) is 17.1. The fraction of sp³-hybridized carbons (Fsp3) is 0.450. The van der Waals surface area contributed by atoms with Gasteiger partial charge in [0.05, 0.1) is 7.11 Å². The summed E-state index contributed by atoms with van der Waals surface area (Å²) in [5.41, 5.74) is 0.215. The number of thiazole rings is 1. The van der Waals surface area contributed by atoms with Crippen LogP contribution < -0.4 is 10.1 Å². The number of hydrogen-bond acceptors (Lipinski definition) is 7. The SMILES string of the molecule is COc1ccc(C(=O)N2CCCC2C(=O)Nc2nccs2)cc1S(=O)(=O)N1CCCC1. The lowest BCUT2D eigenvalue weighted by atomic mass is 10.1. The summed E-state index contributed by atoms with van der Waals surface area (Å²) in [6.07, 6.45) is 4.44. The maximum atomic E-state index is 13.2. The van der Waals surface area contributed by atoms with E-state index in [1.54, 1.807) is 11.6 Å². The van der Waals surface area contributed by atoms with Crippen molar-refractivity contribution in [3.05, 3.63) is 35.3 Å². The molecule has 0 saturated carbocycles. The smallest absolute Gasteiger partial charge is 0.254 e. The van der Waals surface area contributed by atoms with E-state index in [4.69, 9.17) is 4.74 Å². The van der Waals surface area contributed by atoms with Gasteiger partial charge in [0, 0.05) is 36.8 Å². The maximum Gasteiger partial charge on any atom is 0.254 e. The molecule has 2 aliphatic heterocycles. The molecular formula is C20H24N4O5S2. The molecule has 4 rings (SSSR count). The molecule has 2 saturated heterocycles. The van der Waals surface area contributed by atoms with Crippen molar-refractivity contribution >= 4 is 38.3 Å². The second-order valence-electron chi connectivity index (χ2n) is 7.46. The Kier molecular flexibility index (Phi) is 6.26. The van der Waals surface area contributed by atoms with Gasteiger partial charge in [0.1, 0.15) is 16.7 Å². The molecule has 3 heterocycles. The summed E-state index contributed by atoms with van der Waals surface area (Å²) in [6.45, 7) is 1.33. The van der Waals surface area contributed by atoms with Gasteiger partial charge in [0.15, 0.2) is 5.13 Å². The maximum absolute atomic E-state index is 13.2. The minimum absolute atomic E-state index is 0.0225. The number of carbonyl (C=O) groups excluding carboxylic acids is 2. The molecule has 166 valence electrons. The number of aromatic nitrogens is 1. The molecule has 9 nitrogen and oxygen atoms in total. The molecule has 2 fully saturated rings. The average molecular weight is 465 g/mol. The lowest BCUT2D eigenvalue weighted by molar-refractivity contribution is -0.119. The number of nitrogens with one attached hydrogen (secondary N) is 1. The Labute approximate surface area is 185 Å². The molecule has 0 bridgehead atoms. The lowest BCUT2D eigenvalue weighted by Gasteiger charge is -2.24. The molecule has 2 aliphatic rings. The number of sulfonamides is 1. The highest BCUT2D eigenvalue weighted by Crippen LogP contribution is 2.31. The monoisotopic (exact) mass is 464 g/mol. The minimum Gasteiger partial charge on any atom is -0.495 e. The summed E-state index contributed by atoms with van der Waals surface area (Å²) in [4.78, 5) is 31.5. The molecule has 1 aromatic heterocycles. The summed E-state index contributed by atoms with van der Waals surface area (Å²) in [5, 5.41) is 4.98. The Balaban J connectivity index is 1.60. The number of carbonyl (C=O) groups is 2. The van der Waals surface area contributed by atoms with Crippen molar-refractivity contribution in [2.45, 2.75) is 36.6 Å². The molecule has 2 amide bonds. The molecule has 1 unspecified atom stereocenters. The number of ether oxygens (including phenoxy) is 1. The van der Waals surface area contributed by atoms with E-state index < -0.39 is 16.1 Å². The number of rotatable bonds is 6. The van der Waals surface area contributed by atoms with Crippen LogP contribution in [0.4, 0.5) is 5.13 Å². The predicted octanol–water partition coefficient (Wildman–Crippen LogP) is 2.18. The van der Waals surface area contributed by atoms with Gasteiger partial charge in [-0.05, 0) is 43.9 Å². The highest BCUT2D eigenvalue weighted by Gasteiger charge is 2.36. The van der Waals surface area contributed by atoms with Crippen LogP contribution in [-0.2, 0) is 14.8 Å². The van der Waals surface area contributed by atoms with E-state index >= 15 is 0 Å². The van der Waals surface area contributed by atoms with E-state index in [-0.39, 0.29) is 28.0 Å². The summed E-state index contributed by atoms with van der Waals surface area (Å²) >= 11 is 1.31. The van der Waals surface area contributed by atoms with Crippen LogP contribution in [0.3, 0.4) is 0 Å². The average Bonchev–Trinajstić information content (AvgIpc) is 3.55. The van der Waals surface area contributed by atoms with Gasteiger partial charge in [-0.2, -0.15) is 4.31 Å². The quantitative estimate of drug-likeness (QED) is 0.702. The normalized spacial score (nSPS) is 19.5. The number of amides is 2. The van der Waals surface area contributed by atoms with Crippen LogP contribution in [-0.4, -0.2) is 67.2 Å². The largest absolute Gasteiger partial charge is 0.495 e. The Morgan fingerprint density at radius 1 is 1.19 bits per heavy atom. The Hall–Kier alpha value is -2.50. The molecule has 1 N–H and O–H groups in total. The molecule has 1 atom stereocenters. The van der Waals surface area contributed by atoms with Crippen LogP contribution >= 0.6 is 11.3 Å². The van der Waals surface area contributed by atoms with Gasteiger partial charge in [-0.3, -0.25) is 9.59 Å². The van der Waals surface area contributed by atoms with E-state index in [1.807, 2.05) is 0 Å². The van der Waals surface area contributed by atoms with E-state index in [0.717, 1.165) is 12.8 Å². The first-order valence-electron chi connectivity index (χ1n) is 10.1. The molecule has 1 aromatic carbocycles. The number of hydrogen-bond donors (Lipinski definition) is 1. The molecule has 0 spiro atoms. The van der Waals surface area contributed by atoms with Crippen LogP contribution in [0, 0.1) is 0 Å². The van der Waals surface area contributed by atoms with Crippen molar-refractivity contribution in [3.63, 3.8) is 0 Å². The number of benzene rings is 1. The standard InChI is InChI=1S/C20H24N4O5S2/c1-29-16-7-6-14(13-17(16)31(27,28)23-9-2-3-10-23)19(26)24-11-4-5-15(24)18(25)22-20-21-8-12-30-20/h6-8,12-13,15H,2-5,9-11H2,1H3,(H,21,22,25). The molecule has 31 heavy (non-hydrogen) atoms. The number of nitrogens with zero attached hydrogens (tertiary/aromatic N) is 3. The Morgan fingerprint density at radius 2 is 1.97 bits per heavy atom. The number of methoxy groups -OCH3 is 1. The third-order valence-corrected chi connectivity index (χ3v) is 8.18. The first kappa shape index (κ1) is 21.7. The van der Waals surface area contributed by atoms with Crippen LogP contribution in [0.1, 0.15) is 36.0 Å². The zero-order chi connectivity index (χ0) is 22.0. The van der Waals surface area contributed by atoms with Crippen molar-refractivity contribution in [1.82, 2.24) is 14.2 Å². The van der Waals surface area contributed by atoms with Gasteiger partial charge in [-0.15, -0.1) is 11.3 Å². The van der Waals surface area contributed by atoms with Crippen LogP contribution in [0.25, 0.3) is 0 Å².